The van der Waals surface area contributed by atoms with Crippen molar-refractivity contribution in [3.8, 4) is 0 Å². The molecule has 2 fully saturated rings. The van der Waals surface area contributed by atoms with Gasteiger partial charge in [-0.3, -0.25) is 9.59 Å². The van der Waals surface area contributed by atoms with Crippen molar-refractivity contribution >= 4 is 29.1 Å². The van der Waals surface area contributed by atoms with Gasteiger partial charge in [-0.2, -0.15) is 0 Å². The van der Waals surface area contributed by atoms with Crippen molar-refractivity contribution in [2.24, 2.45) is 11.3 Å². The molecule has 148 valence electrons. The van der Waals surface area contributed by atoms with Gasteiger partial charge >= 0.3 is 0 Å². The molecule has 2 aliphatic rings. The van der Waals surface area contributed by atoms with Crippen molar-refractivity contribution < 1.29 is 9.59 Å². The van der Waals surface area contributed by atoms with E-state index >= 15 is 0 Å². The number of carbonyl (C=O) groups excluding carboxylic acids is 2. The number of fused-ring (bicyclic) bond motifs is 1. The third kappa shape index (κ3) is 3.26. The zero-order valence-electron chi connectivity index (χ0n) is 16.2. The molecule has 7 nitrogen and oxygen atoms in total. The Bertz CT molecular complexity index is 842. The highest BCUT2D eigenvalue weighted by atomic mass is 32.1. The molecule has 0 saturated carbocycles. The molecule has 2 amide bonds. The summed E-state index contributed by atoms with van der Waals surface area (Å²) in [5.74, 6) is 0.911. The van der Waals surface area contributed by atoms with Crippen LogP contribution < -0.4 is 4.90 Å². The number of carbonyl (C=O) groups is 2. The number of nitrogens with zero attached hydrogens (tertiary/aromatic N) is 5. The molecule has 2 aromatic heterocycles. The van der Waals surface area contributed by atoms with E-state index in [4.69, 9.17) is 0 Å². The van der Waals surface area contributed by atoms with Crippen LogP contribution >= 0.6 is 11.3 Å². The Morgan fingerprint density at radius 2 is 2.00 bits per heavy atom. The number of amides is 2. The standard InChI is InChI=1S/C20H25N5O2S/c1-23(2)18(27)20-7-4-10-24(17(26)16-6-3-11-28-16)12-15(20)13-25(14-20)19-21-8-5-9-22-19/h3,5-6,8-9,11,15H,4,7,10,12-14H2,1-2H3/t15-,20-/m0/s1. The molecule has 2 aliphatic heterocycles. The Morgan fingerprint density at radius 1 is 1.21 bits per heavy atom. The Balaban J connectivity index is 1.64. The van der Waals surface area contributed by atoms with E-state index in [1.54, 1.807) is 23.4 Å². The quantitative estimate of drug-likeness (QED) is 0.789. The highest BCUT2D eigenvalue weighted by Crippen LogP contribution is 2.44. The number of hydrogen-bond donors (Lipinski definition) is 0. The van der Waals surface area contributed by atoms with E-state index < -0.39 is 5.41 Å². The fraction of sp³-hybridized carbons (Fsp3) is 0.500. The SMILES string of the molecule is CN(C)C(=O)[C@]12CCCN(C(=O)c3cccs3)C[C@H]1CN(c1ncccn1)C2. The second-order valence-corrected chi connectivity index (χ2v) is 8.76. The van der Waals surface area contributed by atoms with Gasteiger partial charge in [-0.1, -0.05) is 6.07 Å². The minimum absolute atomic E-state index is 0.0534. The minimum atomic E-state index is -0.507. The maximum absolute atomic E-state index is 13.3. The fourth-order valence-electron chi connectivity index (χ4n) is 4.58. The third-order valence-electron chi connectivity index (χ3n) is 5.87. The Kier molecular flexibility index (Phi) is 5.05. The molecule has 0 spiro atoms. The summed E-state index contributed by atoms with van der Waals surface area (Å²) in [4.78, 5) is 41.5. The number of likely N-dealkylation sites (tertiary alicyclic amines) is 1. The lowest BCUT2D eigenvalue weighted by molar-refractivity contribution is -0.141. The van der Waals surface area contributed by atoms with Crippen LogP contribution in [-0.2, 0) is 4.79 Å². The predicted octanol–water partition coefficient (Wildman–Crippen LogP) is 1.99. The summed E-state index contributed by atoms with van der Waals surface area (Å²) in [7, 11) is 3.63. The van der Waals surface area contributed by atoms with Crippen LogP contribution in [0.1, 0.15) is 22.5 Å². The van der Waals surface area contributed by atoms with Crippen LogP contribution in [-0.4, -0.2) is 71.9 Å². The molecule has 0 N–H and O–H groups in total. The molecule has 4 heterocycles. The number of thiophene rings is 1. The zero-order valence-corrected chi connectivity index (χ0v) is 17.1. The summed E-state index contributed by atoms with van der Waals surface area (Å²) in [5.41, 5.74) is -0.507. The molecule has 0 bridgehead atoms. The van der Waals surface area contributed by atoms with Crippen molar-refractivity contribution in [2.45, 2.75) is 12.8 Å². The van der Waals surface area contributed by atoms with E-state index in [9.17, 15) is 9.59 Å². The molecule has 0 aromatic carbocycles. The zero-order chi connectivity index (χ0) is 19.7. The molecule has 2 saturated heterocycles. The van der Waals surface area contributed by atoms with Crippen molar-refractivity contribution in [1.82, 2.24) is 19.8 Å². The van der Waals surface area contributed by atoms with Gasteiger partial charge in [0.25, 0.3) is 5.91 Å². The number of rotatable bonds is 3. The van der Waals surface area contributed by atoms with Crippen LogP contribution in [0.2, 0.25) is 0 Å². The normalized spacial score (nSPS) is 24.6. The maximum atomic E-state index is 13.3. The van der Waals surface area contributed by atoms with Crippen molar-refractivity contribution in [1.29, 1.82) is 0 Å². The Labute approximate surface area is 169 Å². The van der Waals surface area contributed by atoms with E-state index in [0.29, 0.717) is 32.1 Å². The average Bonchev–Trinajstić information content (AvgIpc) is 3.33. The van der Waals surface area contributed by atoms with E-state index in [0.717, 1.165) is 17.7 Å². The lowest BCUT2D eigenvalue weighted by atomic mass is 9.74. The Morgan fingerprint density at radius 3 is 2.68 bits per heavy atom. The van der Waals surface area contributed by atoms with Gasteiger partial charge in [0.1, 0.15) is 0 Å². The molecule has 28 heavy (non-hydrogen) atoms. The first-order chi connectivity index (χ1) is 13.5. The van der Waals surface area contributed by atoms with Crippen LogP contribution in [0.3, 0.4) is 0 Å². The average molecular weight is 400 g/mol. The molecule has 2 atom stereocenters. The topological polar surface area (TPSA) is 69.6 Å². The van der Waals surface area contributed by atoms with Crippen LogP contribution in [0.5, 0.6) is 0 Å². The first kappa shape index (κ1) is 18.9. The van der Waals surface area contributed by atoms with Crippen LogP contribution in [0.4, 0.5) is 5.95 Å². The van der Waals surface area contributed by atoms with Crippen LogP contribution in [0, 0.1) is 11.3 Å². The molecular weight excluding hydrogens is 374 g/mol. The molecule has 0 aliphatic carbocycles. The molecule has 0 unspecified atom stereocenters. The highest BCUT2D eigenvalue weighted by molar-refractivity contribution is 7.12. The van der Waals surface area contributed by atoms with Gasteiger partial charge in [-0.05, 0) is 30.4 Å². The molecule has 2 aromatic rings. The van der Waals surface area contributed by atoms with Crippen molar-refractivity contribution in [2.75, 3.05) is 45.2 Å². The minimum Gasteiger partial charge on any atom is -0.348 e. The van der Waals surface area contributed by atoms with Gasteiger partial charge in [0, 0.05) is 58.6 Å². The Hall–Kier alpha value is -2.48. The molecule has 4 rings (SSSR count). The molecular formula is C20H25N5O2S. The van der Waals surface area contributed by atoms with E-state index in [1.807, 2.05) is 36.5 Å². The summed E-state index contributed by atoms with van der Waals surface area (Å²) >= 11 is 1.47. The fourth-order valence-corrected chi connectivity index (χ4v) is 5.27. The second-order valence-electron chi connectivity index (χ2n) is 7.81. The second kappa shape index (κ2) is 7.50. The van der Waals surface area contributed by atoms with E-state index in [2.05, 4.69) is 14.9 Å². The number of hydrogen-bond acceptors (Lipinski definition) is 6. The lowest BCUT2D eigenvalue weighted by Gasteiger charge is -2.34. The molecule has 0 radical (unpaired) electrons. The first-order valence-electron chi connectivity index (χ1n) is 9.58. The van der Waals surface area contributed by atoms with E-state index in [-0.39, 0.29) is 17.7 Å². The number of aromatic nitrogens is 2. The lowest BCUT2D eigenvalue weighted by Crippen LogP contribution is -2.47. The van der Waals surface area contributed by atoms with Gasteiger partial charge < -0.3 is 14.7 Å². The van der Waals surface area contributed by atoms with Gasteiger partial charge in [-0.25, -0.2) is 9.97 Å². The van der Waals surface area contributed by atoms with Gasteiger partial charge in [-0.15, -0.1) is 11.3 Å². The summed E-state index contributed by atoms with van der Waals surface area (Å²) in [5, 5.41) is 1.93. The van der Waals surface area contributed by atoms with Gasteiger partial charge in [0.05, 0.1) is 10.3 Å². The predicted molar refractivity (Wildman–Crippen MR) is 108 cm³/mol. The van der Waals surface area contributed by atoms with Gasteiger partial charge in [0.15, 0.2) is 0 Å². The highest BCUT2D eigenvalue weighted by Gasteiger charge is 2.54. The summed E-state index contributed by atoms with van der Waals surface area (Å²) in [6.07, 6.45) is 5.04. The van der Waals surface area contributed by atoms with Crippen molar-refractivity contribution in [3.05, 3.63) is 40.8 Å². The summed E-state index contributed by atoms with van der Waals surface area (Å²) in [6.45, 7) is 2.55. The monoisotopic (exact) mass is 399 g/mol. The van der Waals surface area contributed by atoms with E-state index in [1.165, 1.54) is 11.3 Å². The van der Waals surface area contributed by atoms with Crippen LogP contribution in [0.15, 0.2) is 36.0 Å². The third-order valence-corrected chi connectivity index (χ3v) is 6.73. The smallest absolute Gasteiger partial charge is 0.263 e. The van der Waals surface area contributed by atoms with Crippen LogP contribution in [0.25, 0.3) is 0 Å². The number of anilines is 1. The summed E-state index contributed by atoms with van der Waals surface area (Å²) < 4.78 is 0. The largest absolute Gasteiger partial charge is 0.348 e. The first-order valence-corrected chi connectivity index (χ1v) is 10.5. The van der Waals surface area contributed by atoms with Crippen molar-refractivity contribution in [3.63, 3.8) is 0 Å². The maximum Gasteiger partial charge on any atom is 0.263 e. The summed E-state index contributed by atoms with van der Waals surface area (Å²) in [6, 6.07) is 5.56. The van der Waals surface area contributed by atoms with Gasteiger partial charge in [0.2, 0.25) is 11.9 Å². The molecule has 8 heteroatoms.